The van der Waals surface area contributed by atoms with Gasteiger partial charge in [0.1, 0.15) is 11.3 Å². The summed E-state index contributed by atoms with van der Waals surface area (Å²) >= 11 is 0. The number of carboxylic acids is 1. The minimum absolute atomic E-state index is 0.240. The van der Waals surface area contributed by atoms with Crippen LogP contribution in [-0.4, -0.2) is 25.8 Å². The molecule has 0 aliphatic heterocycles. The number of fused-ring (bicyclic) bond motifs is 1. The number of rotatable bonds is 2. The Morgan fingerprint density at radius 1 is 1.30 bits per heavy atom. The Kier molecular flexibility index (Phi) is 2.64. The van der Waals surface area contributed by atoms with Crippen molar-refractivity contribution in [2.45, 2.75) is 13.8 Å². The van der Waals surface area contributed by atoms with Gasteiger partial charge in [0.25, 0.3) is 0 Å². The molecule has 2 heterocycles. The number of para-hydroxylation sites is 1. The van der Waals surface area contributed by atoms with E-state index in [2.05, 4.69) is 14.8 Å². The van der Waals surface area contributed by atoms with Crippen LogP contribution in [0.15, 0.2) is 24.3 Å². The first-order chi connectivity index (χ1) is 9.52. The first kappa shape index (κ1) is 12.5. The van der Waals surface area contributed by atoms with E-state index in [1.165, 1.54) is 0 Å². The molecule has 0 spiro atoms. The van der Waals surface area contributed by atoms with E-state index in [9.17, 15) is 9.90 Å². The van der Waals surface area contributed by atoms with Crippen LogP contribution in [0.3, 0.4) is 0 Å². The zero-order chi connectivity index (χ0) is 14.4. The van der Waals surface area contributed by atoms with Crippen LogP contribution in [0.25, 0.3) is 22.2 Å². The summed E-state index contributed by atoms with van der Waals surface area (Å²) in [6.45, 7) is 3.70. The highest BCUT2D eigenvalue weighted by atomic mass is 16.4. The maximum atomic E-state index is 11.5. The minimum atomic E-state index is -0.960. The van der Waals surface area contributed by atoms with Crippen molar-refractivity contribution in [1.82, 2.24) is 14.8 Å². The van der Waals surface area contributed by atoms with Crippen LogP contribution < -0.4 is 0 Å². The van der Waals surface area contributed by atoms with Crippen LogP contribution in [0.4, 0.5) is 0 Å². The van der Waals surface area contributed by atoms with Gasteiger partial charge in [0.05, 0.1) is 0 Å². The van der Waals surface area contributed by atoms with E-state index >= 15 is 0 Å². The lowest BCUT2D eigenvalue weighted by Crippen LogP contribution is -2.00. The quantitative estimate of drug-likeness (QED) is 0.751. The molecule has 0 amide bonds. The Morgan fingerprint density at radius 3 is 2.70 bits per heavy atom. The number of aromatic nitrogens is 3. The van der Waals surface area contributed by atoms with Crippen molar-refractivity contribution in [1.29, 1.82) is 0 Å². The van der Waals surface area contributed by atoms with Gasteiger partial charge in [-0.1, -0.05) is 18.2 Å². The number of hydrogen-bond donors (Lipinski definition) is 2. The molecule has 5 heteroatoms. The van der Waals surface area contributed by atoms with Gasteiger partial charge in [0.15, 0.2) is 0 Å². The number of aromatic amines is 1. The van der Waals surface area contributed by atoms with Gasteiger partial charge in [-0.15, -0.1) is 0 Å². The van der Waals surface area contributed by atoms with Gasteiger partial charge in [-0.3, -0.25) is 5.10 Å². The third-order valence-electron chi connectivity index (χ3n) is 3.80. The normalized spacial score (nSPS) is 11.2. The second kappa shape index (κ2) is 4.23. The summed E-state index contributed by atoms with van der Waals surface area (Å²) in [4.78, 5) is 11.5. The molecule has 0 aliphatic rings. The summed E-state index contributed by atoms with van der Waals surface area (Å²) in [6, 6.07) is 7.93. The van der Waals surface area contributed by atoms with Gasteiger partial charge in [-0.25, -0.2) is 4.79 Å². The Labute approximate surface area is 115 Å². The third-order valence-corrected chi connectivity index (χ3v) is 3.80. The maximum absolute atomic E-state index is 11.5. The molecule has 5 nitrogen and oxygen atoms in total. The van der Waals surface area contributed by atoms with Crippen LogP contribution in [0, 0.1) is 13.8 Å². The number of carboxylic acid groups (broad SMARTS) is 1. The van der Waals surface area contributed by atoms with Crippen molar-refractivity contribution < 1.29 is 9.90 Å². The molecule has 3 rings (SSSR count). The van der Waals surface area contributed by atoms with Gasteiger partial charge in [-0.2, -0.15) is 5.10 Å². The standard InChI is InChI=1S/C15H15N3O2/c1-8-12(15(19)20)14(17-16-8)13-9(2)18(3)11-7-5-4-6-10(11)13/h4-7H,1-3H3,(H,16,17)(H,19,20). The van der Waals surface area contributed by atoms with E-state index in [0.717, 1.165) is 22.2 Å². The van der Waals surface area contributed by atoms with Crippen LogP contribution >= 0.6 is 0 Å². The van der Waals surface area contributed by atoms with Gasteiger partial charge in [0.2, 0.25) is 0 Å². The van der Waals surface area contributed by atoms with E-state index in [0.29, 0.717) is 11.4 Å². The first-order valence-electron chi connectivity index (χ1n) is 6.35. The molecule has 0 unspecified atom stereocenters. The van der Waals surface area contributed by atoms with Crippen LogP contribution in [0.1, 0.15) is 21.7 Å². The van der Waals surface area contributed by atoms with E-state index in [4.69, 9.17) is 0 Å². The number of aryl methyl sites for hydroxylation is 2. The number of H-pyrrole nitrogens is 1. The number of nitrogens with one attached hydrogen (secondary N) is 1. The Bertz CT molecular complexity index is 827. The number of aromatic carboxylic acids is 1. The number of carbonyl (C=O) groups is 1. The van der Waals surface area contributed by atoms with Gasteiger partial charge in [0, 0.05) is 34.9 Å². The first-order valence-corrected chi connectivity index (χ1v) is 6.35. The van der Waals surface area contributed by atoms with Crippen LogP contribution in [0.5, 0.6) is 0 Å². The van der Waals surface area contributed by atoms with E-state index < -0.39 is 5.97 Å². The molecule has 0 aliphatic carbocycles. The lowest BCUT2D eigenvalue weighted by atomic mass is 10.0. The smallest absolute Gasteiger partial charge is 0.339 e. The Morgan fingerprint density at radius 2 is 2.00 bits per heavy atom. The predicted octanol–water partition coefficient (Wildman–Crippen LogP) is 2.88. The summed E-state index contributed by atoms with van der Waals surface area (Å²) in [7, 11) is 1.97. The fraction of sp³-hybridized carbons (Fsp3) is 0.200. The molecule has 102 valence electrons. The summed E-state index contributed by atoms with van der Waals surface area (Å²) in [5, 5.41) is 17.4. The summed E-state index contributed by atoms with van der Waals surface area (Å²) in [5.41, 5.74) is 4.26. The molecular weight excluding hydrogens is 254 g/mol. The highest BCUT2D eigenvalue weighted by molar-refractivity contribution is 6.04. The maximum Gasteiger partial charge on any atom is 0.339 e. The van der Waals surface area contributed by atoms with Gasteiger partial charge < -0.3 is 9.67 Å². The second-order valence-electron chi connectivity index (χ2n) is 4.91. The predicted molar refractivity (Wildman–Crippen MR) is 76.9 cm³/mol. The molecular formula is C15H15N3O2. The Hall–Kier alpha value is -2.56. The van der Waals surface area contributed by atoms with Crippen LogP contribution in [-0.2, 0) is 7.05 Å². The Balaban J connectivity index is 2.42. The highest BCUT2D eigenvalue weighted by Crippen LogP contribution is 2.35. The minimum Gasteiger partial charge on any atom is -0.478 e. The zero-order valence-electron chi connectivity index (χ0n) is 11.6. The molecule has 2 N–H and O–H groups in total. The molecule has 0 atom stereocenters. The summed E-state index contributed by atoms with van der Waals surface area (Å²) < 4.78 is 2.06. The van der Waals surface area contributed by atoms with E-state index in [1.54, 1.807) is 6.92 Å². The van der Waals surface area contributed by atoms with Crippen LogP contribution in [0.2, 0.25) is 0 Å². The van der Waals surface area contributed by atoms with Crippen molar-refractivity contribution in [3.8, 4) is 11.3 Å². The van der Waals surface area contributed by atoms with Gasteiger partial charge in [-0.05, 0) is 19.9 Å². The third kappa shape index (κ3) is 1.56. The molecule has 0 bridgehead atoms. The molecule has 2 aromatic heterocycles. The lowest BCUT2D eigenvalue weighted by Gasteiger charge is -2.01. The number of benzene rings is 1. The highest BCUT2D eigenvalue weighted by Gasteiger charge is 2.23. The van der Waals surface area contributed by atoms with E-state index in [1.807, 2.05) is 38.2 Å². The average molecular weight is 269 g/mol. The fourth-order valence-electron chi connectivity index (χ4n) is 2.69. The molecule has 3 aromatic rings. The molecule has 0 saturated carbocycles. The summed E-state index contributed by atoms with van der Waals surface area (Å²) in [5.74, 6) is -0.960. The number of hydrogen-bond acceptors (Lipinski definition) is 2. The van der Waals surface area contributed by atoms with Crippen molar-refractivity contribution in [3.05, 3.63) is 41.2 Å². The molecule has 1 aromatic carbocycles. The topological polar surface area (TPSA) is 70.9 Å². The molecule has 0 fully saturated rings. The second-order valence-corrected chi connectivity index (χ2v) is 4.91. The van der Waals surface area contributed by atoms with Crippen molar-refractivity contribution in [3.63, 3.8) is 0 Å². The lowest BCUT2D eigenvalue weighted by molar-refractivity contribution is 0.0697. The summed E-state index contributed by atoms with van der Waals surface area (Å²) in [6.07, 6.45) is 0. The SMILES string of the molecule is Cc1[nH]nc(-c2c(C)n(C)c3ccccc23)c1C(=O)O. The van der Waals surface area contributed by atoms with E-state index in [-0.39, 0.29) is 5.56 Å². The van der Waals surface area contributed by atoms with Crippen molar-refractivity contribution in [2.24, 2.45) is 7.05 Å². The largest absolute Gasteiger partial charge is 0.478 e. The number of nitrogens with zero attached hydrogens (tertiary/aromatic N) is 2. The fourth-order valence-corrected chi connectivity index (χ4v) is 2.69. The molecule has 0 saturated heterocycles. The molecule has 0 radical (unpaired) electrons. The molecule has 20 heavy (non-hydrogen) atoms. The van der Waals surface area contributed by atoms with Gasteiger partial charge >= 0.3 is 5.97 Å². The zero-order valence-corrected chi connectivity index (χ0v) is 11.6. The van der Waals surface area contributed by atoms with Crippen molar-refractivity contribution >= 4 is 16.9 Å². The average Bonchev–Trinajstić information content (AvgIpc) is 2.90. The monoisotopic (exact) mass is 269 g/mol. The van der Waals surface area contributed by atoms with Crippen molar-refractivity contribution in [2.75, 3.05) is 0 Å².